The zero-order chi connectivity index (χ0) is 19.1. The Balaban J connectivity index is 1.41. The number of nitrogens with zero attached hydrogens (tertiary/aromatic N) is 3. The van der Waals surface area contributed by atoms with E-state index in [9.17, 15) is 4.79 Å². The minimum Gasteiger partial charge on any atom is -0.467 e. The van der Waals surface area contributed by atoms with Crippen LogP contribution in [0.3, 0.4) is 0 Å². The second-order valence-corrected chi connectivity index (χ2v) is 8.11. The van der Waals surface area contributed by atoms with Gasteiger partial charge in [-0.25, -0.2) is 4.98 Å². The Morgan fingerprint density at radius 3 is 2.82 bits per heavy atom. The highest BCUT2D eigenvalue weighted by Crippen LogP contribution is 2.35. The van der Waals surface area contributed by atoms with Gasteiger partial charge in [-0.1, -0.05) is 30.3 Å². The van der Waals surface area contributed by atoms with Gasteiger partial charge in [-0.15, -0.1) is 11.3 Å². The van der Waals surface area contributed by atoms with Gasteiger partial charge in [0, 0.05) is 28.9 Å². The largest absolute Gasteiger partial charge is 0.467 e. The number of rotatable bonds is 6. The fourth-order valence-corrected chi connectivity index (χ4v) is 4.58. The molecule has 0 saturated heterocycles. The zero-order valence-corrected chi connectivity index (χ0v) is 16.4. The molecule has 5 nitrogen and oxygen atoms in total. The Morgan fingerprint density at radius 2 is 2.11 bits per heavy atom. The van der Waals surface area contributed by atoms with Crippen LogP contribution in [-0.4, -0.2) is 26.2 Å². The van der Waals surface area contributed by atoms with Crippen molar-refractivity contribution in [2.24, 2.45) is 0 Å². The first-order valence-corrected chi connectivity index (χ1v) is 10.4. The summed E-state index contributed by atoms with van der Waals surface area (Å²) in [7, 11) is 0. The van der Waals surface area contributed by atoms with Crippen molar-refractivity contribution in [3.05, 3.63) is 71.8 Å². The maximum absolute atomic E-state index is 13.2. The SMILES string of the molecule is CC(c1ccco1)N(C(=O)Cc1csc2nc(-c3ccccc3)cn12)C1CC1. The molecule has 1 aliphatic carbocycles. The lowest BCUT2D eigenvalue weighted by atomic mass is 10.1. The van der Waals surface area contributed by atoms with Crippen LogP contribution in [0.5, 0.6) is 0 Å². The van der Waals surface area contributed by atoms with Crippen LogP contribution in [0.25, 0.3) is 16.2 Å². The lowest BCUT2D eigenvalue weighted by Crippen LogP contribution is -2.36. The van der Waals surface area contributed by atoms with Gasteiger partial charge in [-0.05, 0) is 31.9 Å². The molecule has 1 fully saturated rings. The highest BCUT2D eigenvalue weighted by Gasteiger charge is 2.37. The predicted octanol–water partition coefficient (Wildman–Crippen LogP) is 4.95. The number of aromatic nitrogens is 2. The van der Waals surface area contributed by atoms with Crippen LogP contribution >= 0.6 is 11.3 Å². The number of furan rings is 1. The molecule has 0 N–H and O–H groups in total. The molecule has 1 atom stereocenters. The van der Waals surface area contributed by atoms with E-state index < -0.39 is 0 Å². The molecule has 1 aromatic carbocycles. The number of hydrogen-bond donors (Lipinski definition) is 0. The fourth-order valence-electron chi connectivity index (χ4n) is 3.71. The number of benzene rings is 1. The van der Waals surface area contributed by atoms with E-state index in [1.807, 2.05) is 58.1 Å². The fraction of sp³-hybridized carbons (Fsp3) is 0.273. The Kier molecular flexibility index (Phi) is 4.28. The van der Waals surface area contributed by atoms with Crippen molar-refractivity contribution in [2.75, 3.05) is 0 Å². The van der Waals surface area contributed by atoms with Crippen molar-refractivity contribution in [2.45, 2.75) is 38.3 Å². The second kappa shape index (κ2) is 6.95. The summed E-state index contributed by atoms with van der Waals surface area (Å²) in [5.41, 5.74) is 3.00. The molecule has 28 heavy (non-hydrogen) atoms. The number of carbonyl (C=O) groups excluding carboxylic acids is 1. The number of imidazole rings is 1. The molecule has 142 valence electrons. The quantitative estimate of drug-likeness (QED) is 0.467. The minimum absolute atomic E-state index is 0.0493. The van der Waals surface area contributed by atoms with Crippen LogP contribution in [0, 0.1) is 0 Å². The molecule has 0 radical (unpaired) electrons. The lowest BCUT2D eigenvalue weighted by molar-refractivity contribution is -0.133. The van der Waals surface area contributed by atoms with Crippen LogP contribution in [-0.2, 0) is 11.2 Å². The second-order valence-electron chi connectivity index (χ2n) is 7.27. The maximum Gasteiger partial charge on any atom is 0.229 e. The van der Waals surface area contributed by atoms with E-state index >= 15 is 0 Å². The van der Waals surface area contributed by atoms with Gasteiger partial charge in [0.15, 0.2) is 4.96 Å². The van der Waals surface area contributed by atoms with Crippen molar-refractivity contribution in [3.8, 4) is 11.3 Å². The third-order valence-electron chi connectivity index (χ3n) is 5.29. The molecule has 1 amide bonds. The van der Waals surface area contributed by atoms with Gasteiger partial charge in [0.25, 0.3) is 0 Å². The molecular weight excluding hydrogens is 370 g/mol. The topological polar surface area (TPSA) is 50.8 Å². The molecular formula is C22H21N3O2S. The number of amides is 1. The van der Waals surface area contributed by atoms with Crippen molar-refractivity contribution in [1.82, 2.24) is 14.3 Å². The van der Waals surface area contributed by atoms with Crippen molar-refractivity contribution < 1.29 is 9.21 Å². The molecule has 1 aliphatic rings. The summed E-state index contributed by atoms with van der Waals surface area (Å²) in [6.07, 6.45) is 6.20. The van der Waals surface area contributed by atoms with Gasteiger partial charge in [-0.2, -0.15) is 0 Å². The van der Waals surface area contributed by atoms with E-state index in [0.717, 1.165) is 40.5 Å². The molecule has 0 aliphatic heterocycles. The highest BCUT2D eigenvalue weighted by atomic mass is 32.1. The van der Waals surface area contributed by atoms with Gasteiger partial charge in [0.2, 0.25) is 5.91 Å². The highest BCUT2D eigenvalue weighted by molar-refractivity contribution is 7.15. The normalized spacial score (nSPS) is 15.0. The standard InChI is InChI=1S/C22H21N3O2S/c1-15(20-8-5-11-27-20)25(17-9-10-17)21(26)12-18-14-28-22-23-19(13-24(18)22)16-6-3-2-4-7-16/h2-8,11,13-15,17H,9-10,12H2,1H3. The first-order chi connectivity index (χ1) is 13.7. The van der Waals surface area contributed by atoms with Crippen LogP contribution in [0.1, 0.15) is 37.3 Å². The maximum atomic E-state index is 13.2. The molecule has 1 saturated carbocycles. The molecule has 0 bridgehead atoms. The summed E-state index contributed by atoms with van der Waals surface area (Å²) in [5, 5.41) is 2.04. The predicted molar refractivity (Wildman–Crippen MR) is 109 cm³/mol. The molecule has 3 aromatic heterocycles. The van der Waals surface area contributed by atoms with Gasteiger partial charge in [0.1, 0.15) is 5.76 Å². The van der Waals surface area contributed by atoms with Crippen molar-refractivity contribution in [3.63, 3.8) is 0 Å². The summed E-state index contributed by atoms with van der Waals surface area (Å²) in [5.74, 6) is 0.978. The van der Waals surface area contributed by atoms with Gasteiger partial charge in [0.05, 0.1) is 24.4 Å². The lowest BCUT2D eigenvalue weighted by Gasteiger charge is -2.28. The number of hydrogen-bond acceptors (Lipinski definition) is 4. The van der Waals surface area contributed by atoms with E-state index in [0.29, 0.717) is 12.5 Å². The van der Waals surface area contributed by atoms with Crippen molar-refractivity contribution >= 4 is 22.2 Å². The summed E-state index contributed by atoms with van der Waals surface area (Å²) < 4.78 is 7.60. The Hall–Kier alpha value is -2.86. The van der Waals surface area contributed by atoms with Crippen LogP contribution in [0.2, 0.25) is 0 Å². The summed E-state index contributed by atoms with van der Waals surface area (Å²) in [4.78, 5) is 20.8. The number of carbonyl (C=O) groups is 1. The molecule has 6 heteroatoms. The van der Waals surface area contributed by atoms with E-state index in [-0.39, 0.29) is 11.9 Å². The Morgan fingerprint density at radius 1 is 1.29 bits per heavy atom. The average Bonchev–Trinajstić information content (AvgIpc) is 3.12. The first-order valence-electron chi connectivity index (χ1n) is 9.56. The summed E-state index contributed by atoms with van der Waals surface area (Å²) >= 11 is 1.58. The number of thiazole rings is 1. The zero-order valence-electron chi connectivity index (χ0n) is 15.6. The van der Waals surface area contributed by atoms with E-state index in [1.54, 1.807) is 17.6 Å². The minimum atomic E-state index is -0.0493. The number of fused-ring (bicyclic) bond motifs is 1. The molecule has 5 rings (SSSR count). The molecule has 4 aromatic rings. The monoisotopic (exact) mass is 391 g/mol. The van der Waals surface area contributed by atoms with E-state index in [2.05, 4.69) is 12.1 Å². The van der Waals surface area contributed by atoms with Crippen LogP contribution in [0.4, 0.5) is 0 Å². The van der Waals surface area contributed by atoms with Gasteiger partial charge in [-0.3, -0.25) is 9.20 Å². The van der Waals surface area contributed by atoms with Crippen molar-refractivity contribution in [1.29, 1.82) is 0 Å². The summed E-state index contributed by atoms with van der Waals surface area (Å²) in [6, 6.07) is 14.2. The molecule has 0 spiro atoms. The first kappa shape index (κ1) is 17.3. The average molecular weight is 391 g/mol. The van der Waals surface area contributed by atoms with Crippen LogP contribution < -0.4 is 0 Å². The molecule has 3 heterocycles. The molecule has 1 unspecified atom stereocenters. The third-order valence-corrected chi connectivity index (χ3v) is 6.17. The van der Waals surface area contributed by atoms with E-state index in [1.165, 1.54) is 0 Å². The Bertz CT molecular complexity index is 1090. The van der Waals surface area contributed by atoms with E-state index in [4.69, 9.17) is 9.40 Å². The third kappa shape index (κ3) is 3.14. The van der Waals surface area contributed by atoms with Gasteiger partial charge < -0.3 is 9.32 Å². The van der Waals surface area contributed by atoms with Gasteiger partial charge >= 0.3 is 0 Å². The van der Waals surface area contributed by atoms with Crippen LogP contribution in [0.15, 0.2) is 64.7 Å². The Labute approximate surface area is 167 Å². The smallest absolute Gasteiger partial charge is 0.229 e. The summed E-state index contributed by atoms with van der Waals surface area (Å²) in [6.45, 7) is 2.04.